The van der Waals surface area contributed by atoms with Gasteiger partial charge in [-0.1, -0.05) is 30.3 Å². The first-order valence-corrected chi connectivity index (χ1v) is 11.3. The number of likely N-dealkylation sites (tertiary alicyclic amines) is 1. The van der Waals surface area contributed by atoms with E-state index in [9.17, 15) is 14.4 Å². The van der Waals surface area contributed by atoms with Gasteiger partial charge in [0.2, 0.25) is 0 Å². The summed E-state index contributed by atoms with van der Waals surface area (Å²) in [5, 5.41) is 2.82. The second kappa shape index (κ2) is 8.14. The van der Waals surface area contributed by atoms with E-state index < -0.39 is 0 Å². The highest BCUT2D eigenvalue weighted by Gasteiger charge is 2.32. The average Bonchev–Trinajstić information content (AvgIpc) is 3.41. The number of hydrogen-bond acceptors (Lipinski definition) is 5. The number of hydrogen-bond donors (Lipinski definition) is 1. The van der Waals surface area contributed by atoms with Crippen molar-refractivity contribution in [1.82, 2.24) is 24.5 Å². The highest BCUT2D eigenvalue weighted by molar-refractivity contribution is 7.17. The van der Waals surface area contributed by atoms with Gasteiger partial charge in [-0.3, -0.25) is 14.0 Å². The number of urea groups is 1. The fourth-order valence-corrected chi connectivity index (χ4v) is 5.31. The summed E-state index contributed by atoms with van der Waals surface area (Å²) in [6.07, 6.45) is 5.35. The Morgan fingerprint density at radius 3 is 2.61 bits per heavy atom. The molecule has 160 valence electrons. The maximum atomic E-state index is 13.0. The monoisotopic (exact) mass is 437 g/mol. The van der Waals surface area contributed by atoms with Crippen molar-refractivity contribution in [3.05, 3.63) is 69.1 Å². The molecule has 2 aliphatic heterocycles. The minimum atomic E-state index is -0.327. The van der Waals surface area contributed by atoms with Gasteiger partial charge in [-0.25, -0.2) is 9.78 Å². The zero-order chi connectivity index (χ0) is 21.4. The molecule has 4 heterocycles. The number of carbonyl (C=O) groups is 2. The van der Waals surface area contributed by atoms with Crippen molar-refractivity contribution in [3.63, 3.8) is 0 Å². The van der Waals surface area contributed by atoms with Crippen molar-refractivity contribution in [2.75, 3.05) is 26.2 Å². The van der Waals surface area contributed by atoms with Gasteiger partial charge in [0.05, 0.1) is 0 Å². The van der Waals surface area contributed by atoms with E-state index in [-0.39, 0.29) is 29.1 Å². The molecule has 5 rings (SSSR count). The van der Waals surface area contributed by atoms with Crippen LogP contribution in [0.5, 0.6) is 0 Å². The highest BCUT2D eigenvalue weighted by Crippen LogP contribution is 2.21. The van der Waals surface area contributed by atoms with Crippen molar-refractivity contribution in [2.24, 2.45) is 0 Å². The molecule has 0 unspecified atom stereocenters. The molecule has 9 heteroatoms. The van der Waals surface area contributed by atoms with E-state index in [0.29, 0.717) is 31.1 Å². The van der Waals surface area contributed by atoms with Gasteiger partial charge in [-0.2, -0.15) is 0 Å². The van der Waals surface area contributed by atoms with Crippen molar-refractivity contribution in [1.29, 1.82) is 0 Å². The topological polar surface area (TPSA) is 87.0 Å². The van der Waals surface area contributed by atoms with Crippen LogP contribution in [0.15, 0.2) is 47.5 Å². The number of carbonyl (C=O) groups excluding carboxylic acids is 2. The standard InChI is InChI=1S/C22H23N5O3S/c28-19(25-9-6-16(7-10-25)26-11-8-23-21(26)30)18-13-24-22-27(20(18)29)14-17(31-22)12-15-4-2-1-3-5-15/h1-5,13-14,16H,6-12H2,(H,23,30). The fourth-order valence-electron chi connectivity index (χ4n) is 4.34. The maximum Gasteiger partial charge on any atom is 0.317 e. The maximum absolute atomic E-state index is 13.0. The van der Waals surface area contributed by atoms with Gasteiger partial charge in [0.1, 0.15) is 5.56 Å². The van der Waals surface area contributed by atoms with Gasteiger partial charge < -0.3 is 15.1 Å². The van der Waals surface area contributed by atoms with Crippen molar-refractivity contribution in [2.45, 2.75) is 25.3 Å². The second-order valence-electron chi connectivity index (χ2n) is 7.94. The Morgan fingerprint density at radius 2 is 1.90 bits per heavy atom. The van der Waals surface area contributed by atoms with E-state index in [2.05, 4.69) is 10.3 Å². The van der Waals surface area contributed by atoms with E-state index in [1.807, 2.05) is 35.2 Å². The molecule has 0 spiro atoms. The van der Waals surface area contributed by atoms with Gasteiger partial charge in [0.15, 0.2) is 4.96 Å². The number of fused-ring (bicyclic) bond motifs is 1. The lowest BCUT2D eigenvalue weighted by molar-refractivity contribution is 0.0664. The lowest BCUT2D eigenvalue weighted by Crippen LogP contribution is -2.48. The minimum Gasteiger partial charge on any atom is -0.338 e. The third kappa shape index (κ3) is 3.81. The Labute approximate surface area is 183 Å². The molecule has 2 fully saturated rings. The lowest BCUT2D eigenvalue weighted by atomic mass is 10.0. The molecule has 0 atom stereocenters. The quantitative estimate of drug-likeness (QED) is 0.676. The molecule has 2 aliphatic rings. The molecule has 1 aromatic carbocycles. The van der Waals surface area contributed by atoms with Crippen LogP contribution in [-0.2, 0) is 6.42 Å². The average molecular weight is 438 g/mol. The van der Waals surface area contributed by atoms with Crippen LogP contribution in [0.1, 0.15) is 33.6 Å². The molecule has 8 nitrogen and oxygen atoms in total. The molecular formula is C22H23N5O3S. The van der Waals surface area contributed by atoms with Crippen LogP contribution in [0.4, 0.5) is 4.79 Å². The third-order valence-electron chi connectivity index (χ3n) is 5.99. The second-order valence-corrected chi connectivity index (χ2v) is 9.03. The van der Waals surface area contributed by atoms with Crippen molar-refractivity contribution >= 4 is 28.2 Å². The number of piperidine rings is 1. The molecule has 2 aromatic heterocycles. The van der Waals surface area contributed by atoms with Gasteiger partial charge in [0, 0.05) is 55.9 Å². The predicted molar refractivity (Wildman–Crippen MR) is 118 cm³/mol. The van der Waals surface area contributed by atoms with Crippen molar-refractivity contribution < 1.29 is 9.59 Å². The number of amides is 3. The predicted octanol–water partition coefficient (Wildman–Crippen LogP) is 1.98. The van der Waals surface area contributed by atoms with Crippen molar-refractivity contribution in [3.8, 4) is 0 Å². The van der Waals surface area contributed by atoms with Crippen LogP contribution < -0.4 is 10.9 Å². The number of rotatable bonds is 4. The van der Waals surface area contributed by atoms with Crippen LogP contribution in [0.2, 0.25) is 0 Å². The summed E-state index contributed by atoms with van der Waals surface area (Å²) < 4.78 is 1.48. The highest BCUT2D eigenvalue weighted by atomic mass is 32.1. The Hall–Kier alpha value is -3.20. The van der Waals surface area contributed by atoms with E-state index in [1.165, 1.54) is 21.9 Å². The molecule has 0 bridgehead atoms. The first-order chi connectivity index (χ1) is 15.1. The Morgan fingerprint density at radius 1 is 1.13 bits per heavy atom. The Kier molecular flexibility index (Phi) is 5.19. The summed E-state index contributed by atoms with van der Waals surface area (Å²) in [7, 11) is 0. The van der Waals surface area contributed by atoms with E-state index in [4.69, 9.17) is 0 Å². The number of nitrogens with zero attached hydrogens (tertiary/aromatic N) is 4. The lowest BCUT2D eigenvalue weighted by Gasteiger charge is -2.36. The Balaban J connectivity index is 1.32. The van der Waals surface area contributed by atoms with Gasteiger partial charge in [-0.15, -0.1) is 11.3 Å². The van der Waals surface area contributed by atoms with Crippen LogP contribution in [0.25, 0.3) is 4.96 Å². The molecule has 3 amide bonds. The smallest absolute Gasteiger partial charge is 0.317 e. The normalized spacial score (nSPS) is 17.4. The van der Waals surface area contributed by atoms with E-state index >= 15 is 0 Å². The molecule has 0 aliphatic carbocycles. The summed E-state index contributed by atoms with van der Waals surface area (Å²) in [6.45, 7) is 2.44. The van der Waals surface area contributed by atoms with Crippen LogP contribution in [0, 0.1) is 0 Å². The van der Waals surface area contributed by atoms with E-state index in [1.54, 1.807) is 11.1 Å². The van der Waals surface area contributed by atoms with E-state index in [0.717, 1.165) is 29.7 Å². The zero-order valence-electron chi connectivity index (χ0n) is 17.0. The molecule has 31 heavy (non-hydrogen) atoms. The Bertz CT molecular complexity index is 1180. The summed E-state index contributed by atoms with van der Waals surface area (Å²) in [5.74, 6) is -0.285. The van der Waals surface area contributed by atoms with Gasteiger partial charge >= 0.3 is 6.03 Å². The summed E-state index contributed by atoms with van der Waals surface area (Å²) in [4.78, 5) is 47.5. The molecular weight excluding hydrogens is 414 g/mol. The first-order valence-electron chi connectivity index (χ1n) is 10.5. The number of thiazole rings is 1. The zero-order valence-corrected chi connectivity index (χ0v) is 17.8. The number of aromatic nitrogens is 2. The molecule has 2 saturated heterocycles. The first kappa shape index (κ1) is 19.7. The summed E-state index contributed by atoms with van der Waals surface area (Å²) in [6, 6.07) is 10.2. The summed E-state index contributed by atoms with van der Waals surface area (Å²) >= 11 is 1.46. The molecule has 1 N–H and O–H groups in total. The molecule has 0 saturated carbocycles. The summed E-state index contributed by atoms with van der Waals surface area (Å²) in [5.41, 5.74) is 0.929. The number of nitrogens with one attached hydrogen (secondary N) is 1. The molecule has 0 radical (unpaired) electrons. The molecule has 3 aromatic rings. The SMILES string of the molecule is O=C(c1cnc2sc(Cc3ccccc3)cn2c1=O)N1CCC(N2CCNC2=O)CC1. The fraction of sp³-hybridized carbons (Fsp3) is 0.364. The minimum absolute atomic E-state index is 0.0264. The van der Waals surface area contributed by atoms with Crippen LogP contribution in [-0.4, -0.2) is 63.3 Å². The third-order valence-corrected chi connectivity index (χ3v) is 6.99. The van der Waals surface area contributed by atoms with Crippen LogP contribution in [0.3, 0.4) is 0 Å². The number of benzene rings is 1. The van der Waals surface area contributed by atoms with Gasteiger partial charge in [-0.05, 0) is 18.4 Å². The van der Waals surface area contributed by atoms with Gasteiger partial charge in [0.25, 0.3) is 11.5 Å². The van der Waals surface area contributed by atoms with Crippen LogP contribution >= 0.6 is 11.3 Å². The largest absolute Gasteiger partial charge is 0.338 e.